The van der Waals surface area contributed by atoms with Crippen LogP contribution < -0.4 is 4.74 Å². The van der Waals surface area contributed by atoms with E-state index in [4.69, 9.17) is 10.00 Å². The number of rotatable bonds is 3. The molecule has 18 heavy (non-hydrogen) atoms. The molecule has 6 heteroatoms. The van der Waals surface area contributed by atoms with Crippen molar-refractivity contribution in [1.29, 1.82) is 5.26 Å². The standard InChI is InChI=1S/C12H7BrFN3O/c13-4-8-6-16-12(17-7-8)18-10-2-1-9(5-15)11(14)3-10/h1-3,6-7H,4H2. The van der Waals surface area contributed by atoms with Gasteiger partial charge in [-0.2, -0.15) is 5.26 Å². The highest BCUT2D eigenvalue weighted by Crippen LogP contribution is 2.20. The van der Waals surface area contributed by atoms with Crippen LogP contribution in [0, 0.1) is 17.1 Å². The zero-order chi connectivity index (χ0) is 13.0. The quantitative estimate of drug-likeness (QED) is 0.817. The number of benzene rings is 1. The molecule has 2 rings (SSSR count). The first-order valence-corrected chi connectivity index (χ1v) is 6.09. The first kappa shape index (κ1) is 12.5. The smallest absolute Gasteiger partial charge is 0.321 e. The molecular weight excluding hydrogens is 301 g/mol. The predicted molar refractivity (Wildman–Crippen MR) is 65.9 cm³/mol. The number of ether oxygens (including phenoxy) is 1. The minimum atomic E-state index is -0.632. The monoisotopic (exact) mass is 307 g/mol. The van der Waals surface area contributed by atoms with Gasteiger partial charge >= 0.3 is 6.01 Å². The molecule has 0 spiro atoms. The van der Waals surface area contributed by atoms with Gasteiger partial charge < -0.3 is 4.74 Å². The second-order valence-electron chi connectivity index (χ2n) is 3.36. The van der Waals surface area contributed by atoms with Gasteiger partial charge in [-0.3, -0.25) is 0 Å². The Hall–Kier alpha value is -2.00. The molecule has 0 saturated carbocycles. The maximum atomic E-state index is 13.3. The maximum absolute atomic E-state index is 13.3. The lowest BCUT2D eigenvalue weighted by molar-refractivity contribution is 0.437. The largest absolute Gasteiger partial charge is 0.424 e. The van der Waals surface area contributed by atoms with Crippen LogP contribution in [-0.4, -0.2) is 9.97 Å². The molecular formula is C12H7BrFN3O. The zero-order valence-corrected chi connectivity index (χ0v) is 10.7. The van der Waals surface area contributed by atoms with Gasteiger partial charge in [-0.05, 0) is 17.7 Å². The number of nitrogens with zero attached hydrogens (tertiary/aromatic N) is 3. The van der Waals surface area contributed by atoms with Gasteiger partial charge in [0.15, 0.2) is 0 Å². The van der Waals surface area contributed by atoms with E-state index in [0.717, 1.165) is 11.6 Å². The van der Waals surface area contributed by atoms with Crippen LogP contribution in [0.3, 0.4) is 0 Å². The third-order valence-corrected chi connectivity index (χ3v) is 2.75. The molecule has 1 heterocycles. The summed E-state index contributed by atoms with van der Waals surface area (Å²) in [4.78, 5) is 7.93. The highest BCUT2D eigenvalue weighted by Gasteiger charge is 2.05. The van der Waals surface area contributed by atoms with Crippen molar-refractivity contribution in [2.45, 2.75) is 5.33 Å². The summed E-state index contributed by atoms with van der Waals surface area (Å²) in [5.41, 5.74) is 0.881. The van der Waals surface area contributed by atoms with E-state index in [9.17, 15) is 4.39 Å². The summed E-state index contributed by atoms with van der Waals surface area (Å²) in [5.74, 6) is -0.384. The van der Waals surface area contributed by atoms with Crippen LogP contribution in [0.4, 0.5) is 4.39 Å². The SMILES string of the molecule is N#Cc1ccc(Oc2ncc(CBr)cn2)cc1F. The van der Waals surface area contributed by atoms with Crippen molar-refractivity contribution in [1.82, 2.24) is 9.97 Å². The fraction of sp³-hybridized carbons (Fsp3) is 0.0833. The van der Waals surface area contributed by atoms with E-state index in [1.807, 2.05) is 0 Å². The summed E-state index contributed by atoms with van der Waals surface area (Å²) < 4.78 is 18.6. The number of halogens is 2. The molecule has 2 aromatic rings. The molecule has 0 unspecified atom stereocenters. The molecule has 0 N–H and O–H groups in total. The molecule has 0 atom stereocenters. The van der Waals surface area contributed by atoms with Crippen molar-refractivity contribution in [3.05, 3.63) is 47.5 Å². The summed E-state index contributed by atoms with van der Waals surface area (Å²) in [6.07, 6.45) is 3.22. The van der Waals surface area contributed by atoms with Crippen molar-refractivity contribution >= 4 is 15.9 Å². The van der Waals surface area contributed by atoms with E-state index >= 15 is 0 Å². The number of aromatic nitrogens is 2. The fourth-order valence-electron chi connectivity index (χ4n) is 1.22. The summed E-state index contributed by atoms with van der Waals surface area (Å²) in [6.45, 7) is 0. The Bertz CT molecular complexity index is 595. The highest BCUT2D eigenvalue weighted by atomic mass is 79.9. The number of hydrogen-bond donors (Lipinski definition) is 0. The Labute approximate surface area is 111 Å². The molecule has 0 fully saturated rings. The van der Waals surface area contributed by atoms with Gasteiger partial charge in [0, 0.05) is 23.8 Å². The molecule has 0 bridgehead atoms. The van der Waals surface area contributed by atoms with Gasteiger partial charge in [0.05, 0.1) is 5.56 Å². The van der Waals surface area contributed by atoms with Gasteiger partial charge in [0.1, 0.15) is 17.6 Å². The molecule has 0 aliphatic rings. The first-order valence-electron chi connectivity index (χ1n) is 4.97. The lowest BCUT2D eigenvalue weighted by Crippen LogP contribution is -1.94. The molecule has 0 saturated heterocycles. The van der Waals surface area contributed by atoms with E-state index in [2.05, 4.69) is 25.9 Å². The Balaban J connectivity index is 2.18. The molecule has 90 valence electrons. The van der Waals surface area contributed by atoms with Crippen LogP contribution in [0.5, 0.6) is 11.8 Å². The van der Waals surface area contributed by atoms with Gasteiger partial charge in [0.2, 0.25) is 0 Å². The molecule has 1 aromatic heterocycles. The third kappa shape index (κ3) is 2.81. The lowest BCUT2D eigenvalue weighted by Gasteiger charge is -2.04. The predicted octanol–water partition coefficient (Wildman–Crippen LogP) is 3.17. The van der Waals surface area contributed by atoms with E-state index in [1.165, 1.54) is 12.1 Å². The minimum absolute atomic E-state index is 0.0297. The Morgan fingerprint density at radius 3 is 2.61 bits per heavy atom. The van der Waals surface area contributed by atoms with Gasteiger partial charge in [-0.15, -0.1) is 0 Å². The summed E-state index contributed by atoms with van der Waals surface area (Å²) >= 11 is 3.27. The average Bonchev–Trinajstić information content (AvgIpc) is 2.40. The number of alkyl halides is 1. The van der Waals surface area contributed by atoms with E-state index in [1.54, 1.807) is 18.5 Å². The van der Waals surface area contributed by atoms with E-state index in [-0.39, 0.29) is 17.3 Å². The molecule has 1 aromatic carbocycles. The number of nitriles is 1. The van der Waals surface area contributed by atoms with Crippen LogP contribution >= 0.6 is 15.9 Å². The van der Waals surface area contributed by atoms with Crippen molar-refractivity contribution in [3.63, 3.8) is 0 Å². The minimum Gasteiger partial charge on any atom is -0.424 e. The maximum Gasteiger partial charge on any atom is 0.321 e. The highest BCUT2D eigenvalue weighted by molar-refractivity contribution is 9.08. The van der Waals surface area contributed by atoms with Crippen LogP contribution in [0.25, 0.3) is 0 Å². The zero-order valence-electron chi connectivity index (χ0n) is 9.10. The third-order valence-electron chi connectivity index (χ3n) is 2.11. The van der Waals surface area contributed by atoms with Crippen LogP contribution in [0.15, 0.2) is 30.6 Å². The Kier molecular flexibility index (Phi) is 3.85. The van der Waals surface area contributed by atoms with Crippen LogP contribution in [0.2, 0.25) is 0 Å². The van der Waals surface area contributed by atoms with Crippen molar-refractivity contribution in [2.75, 3.05) is 0 Å². The molecule has 0 aliphatic heterocycles. The van der Waals surface area contributed by atoms with Crippen molar-refractivity contribution in [2.24, 2.45) is 0 Å². The fourth-order valence-corrected chi connectivity index (χ4v) is 1.51. The summed E-state index contributed by atoms with van der Waals surface area (Å²) in [7, 11) is 0. The molecule has 0 radical (unpaired) electrons. The van der Waals surface area contributed by atoms with E-state index in [0.29, 0.717) is 5.33 Å². The normalized spacial score (nSPS) is 9.83. The van der Waals surface area contributed by atoms with Gasteiger partial charge in [0.25, 0.3) is 0 Å². The summed E-state index contributed by atoms with van der Waals surface area (Å²) in [5, 5.41) is 9.25. The van der Waals surface area contributed by atoms with Crippen molar-refractivity contribution < 1.29 is 9.13 Å². The van der Waals surface area contributed by atoms with E-state index < -0.39 is 5.82 Å². The molecule has 0 aliphatic carbocycles. The molecule has 4 nitrogen and oxygen atoms in total. The lowest BCUT2D eigenvalue weighted by atomic mass is 10.2. The Morgan fingerprint density at radius 2 is 2.06 bits per heavy atom. The number of hydrogen-bond acceptors (Lipinski definition) is 4. The average molecular weight is 308 g/mol. The van der Waals surface area contributed by atoms with Crippen molar-refractivity contribution in [3.8, 4) is 17.8 Å². The second-order valence-corrected chi connectivity index (χ2v) is 3.92. The van der Waals surface area contributed by atoms with Crippen LogP contribution in [0.1, 0.15) is 11.1 Å². The first-order chi connectivity index (χ1) is 8.72. The second kappa shape index (κ2) is 5.56. The topological polar surface area (TPSA) is 58.8 Å². The Morgan fingerprint density at radius 1 is 1.33 bits per heavy atom. The van der Waals surface area contributed by atoms with Gasteiger partial charge in [-0.25, -0.2) is 14.4 Å². The van der Waals surface area contributed by atoms with Gasteiger partial charge in [-0.1, -0.05) is 15.9 Å². The van der Waals surface area contributed by atoms with Crippen LogP contribution in [-0.2, 0) is 5.33 Å². The molecule has 0 amide bonds. The summed E-state index contributed by atoms with van der Waals surface area (Å²) in [6, 6.07) is 5.82.